The summed E-state index contributed by atoms with van der Waals surface area (Å²) in [5.41, 5.74) is 3.28. The Morgan fingerprint density at radius 3 is 2.54 bits per heavy atom. The largest absolute Gasteiger partial charge is 0.369 e. The van der Waals surface area contributed by atoms with Crippen molar-refractivity contribution in [2.45, 2.75) is 6.92 Å². The highest BCUT2D eigenvalue weighted by Gasteiger charge is 2.19. The summed E-state index contributed by atoms with van der Waals surface area (Å²) in [6.45, 7) is 6.17. The maximum atomic E-state index is 12.2. The highest BCUT2D eigenvalue weighted by molar-refractivity contribution is 6.30. The SMILES string of the molecule is Cc1cccc(N2CCN(CC(=O)Nc3cccc(Cl)c3)CC2)c1. The number of hydrogen-bond donors (Lipinski definition) is 1. The van der Waals surface area contributed by atoms with E-state index in [1.54, 1.807) is 12.1 Å². The Balaban J connectivity index is 1.49. The Kier molecular flexibility index (Phi) is 5.38. The molecule has 0 saturated carbocycles. The number of benzene rings is 2. The predicted octanol–water partition coefficient (Wildman–Crippen LogP) is 3.41. The van der Waals surface area contributed by atoms with Crippen LogP contribution in [0.4, 0.5) is 11.4 Å². The second kappa shape index (κ2) is 7.69. The lowest BCUT2D eigenvalue weighted by Gasteiger charge is -2.35. The Morgan fingerprint density at radius 1 is 1.08 bits per heavy atom. The average Bonchev–Trinajstić information content (AvgIpc) is 2.55. The highest BCUT2D eigenvalue weighted by atomic mass is 35.5. The van der Waals surface area contributed by atoms with Crippen molar-refractivity contribution in [3.8, 4) is 0 Å². The molecule has 0 aliphatic carbocycles. The number of piperazine rings is 1. The summed E-state index contributed by atoms with van der Waals surface area (Å²) in [7, 11) is 0. The van der Waals surface area contributed by atoms with Gasteiger partial charge in [0.15, 0.2) is 0 Å². The van der Waals surface area contributed by atoms with Crippen LogP contribution in [0.1, 0.15) is 5.56 Å². The average molecular weight is 344 g/mol. The van der Waals surface area contributed by atoms with Crippen molar-refractivity contribution in [1.82, 2.24) is 4.90 Å². The summed E-state index contributed by atoms with van der Waals surface area (Å²) < 4.78 is 0. The van der Waals surface area contributed by atoms with E-state index >= 15 is 0 Å². The van der Waals surface area contributed by atoms with E-state index < -0.39 is 0 Å². The summed E-state index contributed by atoms with van der Waals surface area (Å²) in [5.74, 6) is 0.00118. The number of hydrogen-bond acceptors (Lipinski definition) is 3. The zero-order chi connectivity index (χ0) is 16.9. The number of anilines is 2. The lowest BCUT2D eigenvalue weighted by atomic mass is 10.2. The van der Waals surface area contributed by atoms with Gasteiger partial charge < -0.3 is 10.2 Å². The Morgan fingerprint density at radius 2 is 1.83 bits per heavy atom. The Hall–Kier alpha value is -2.04. The topological polar surface area (TPSA) is 35.6 Å². The van der Waals surface area contributed by atoms with Crippen LogP contribution in [-0.4, -0.2) is 43.5 Å². The molecule has 1 fully saturated rings. The van der Waals surface area contributed by atoms with Gasteiger partial charge >= 0.3 is 0 Å². The number of rotatable bonds is 4. The van der Waals surface area contributed by atoms with E-state index in [9.17, 15) is 4.79 Å². The maximum absolute atomic E-state index is 12.2. The highest BCUT2D eigenvalue weighted by Crippen LogP contribution is 2.18. The van der Waals surface area contributed by atoms with Gasteiger partial charge in [-0.15, -0.1) is 0 Å². The van der Waals surface area contributed by atoms with Crippen molar-refractivity contribution in [2.75, 3.05) is 42.9 Å². The van der Waals surface area contributed by atoms with Crippen LogP contribution in [0.5, 0.6) is 0 Å². The quantitative estimate of drug-likeness (QED) is 0.924. The van der Waals surface area contributed by atoms with E-state index in [0.717, 1.165) is 31.9 Å². The van der Waals surface area contributed by atoms with Crippen molar-refractivity contribution >= 4 is 28.9 Å². The normalized spacial score (nSPS) is 15.3. The van der Waals surface area contributed by atoms with Crippen LogP contribution in [0.25, 0.3) is 0 Å². The Bertz CT molecular complexity index is 711. The third-order valence-corrected chi connectivity index (χ3v) is 4.45. The smallest absolute Gasteiger partial charge is 0.238 e. The van der Waals surface area contributed by atoms with Crippen LogP contribution in [0.15, 0.2) is 48.5 Å². The molecular weight excluding hydrogens is 322 g/mol. The number of carbonyl (C=O) groups is 1. The molecule has 0 unspecified atom stereocenters. The van der Waals surface area contributed by atoms with Gasteiger partial charge in [-0.3, -0.25) is 9.69 Å². The van der Waals surface area contributed by atoms with Crippen molar-refractivity contribution in [3.63, 3.8) is 0 Å². The second-order valence-corrected chi connectivity index (χ2v) is 6.60. The van der Waals surface area contributed by atoms with Crippen molar-refractivity contribution in [2.24, 2.45) is 0 Å². The fourth-order valence-electron chi connectivity index (χ4n) is 2.96. The third kappa shape index (κ3) is 4.49. The van der Waals surface area contributed by atoms with Crippen LogP contribution < -0.4 is 10.2 Å². The maximum Gasteiger partial charge on any atom is 0.238 e. The van der Waals surface area contributed by atoms with Gasteiger partial charge in [0.2, 0.25) is 5.91 Å². The van der Waals surface area contributed by atoms with Crippen LogP contribution in [0.2, 0.25) is 5.02 Å². The molecule has 1 saturated heterocycles. The van der Waals surface area contributed by atoms with Gasteiger partial charge in [0.25, 0.3) is 0 Å². The minimum atomic E-state index is 0.00118. The zero-order valence-electron chi connectivity index (χ0n) is 13.8. The number of amides is 1. The van der Waals surface area contributed by atoms with E-state index in [1.165, 1.54) is 11.3 Å². The number of nitrogens with one attached hydrogen (secondary N) is 1. The van der Waals surface area contributed by atoms with E-state index in [4.69, 9.17) is 11.6 Å². The fraction of sp³-hybridized carbons (Fsp3) is 0.316. The predicted molar refractivity (Wildman–Crippen MR) is 99.9 cm³/mol. The first-order valence-electron chi connectivity index (χ1n) is 8.19. The number of nitrogens with zero attached hydrogens (tertiary/aromatic N) is 2. The van der Waals surface area contributed by atoms with E-state index in [2.05, 4.69) is 46.3 Å². The van der Waals surface area contributed by atoms with Gasteiger partial charge in [0, 0.05) is 42.6 Å². The molecule has 0 radical (unpaired) electrons. The van der Waals surface area contributed by atoms with Crippen molar-refractivity contribution in [3.05, 3.63) is 59.1 Å². The van der Waals surface area contributed by atoms with Crippen molar-refractivity contribution < 1.29 is 4.79 Å². The number of carbonyl (C=O) groups excluding carboxylic acids is 1. The molecule has 1 aliphatic heterocycles. The van der Waals surface area contributed by atoms with Crippen LogP contribution in [-0.2, 0) is 4.79 Å². The molecule has 2 aromatic rings. The molecule has 5 heteroatoms. The number of halogens is 1. The van der Waals surface area contributed by atoms with Gasteiger partial charge in [-0.1, -0.05) is 29.8 Å². The summed E-state index contributed by atoms with van der Waals surface area (Å²) in [5, 5.41) is 3.53. The Labute approximate surface area is 148 Å². The molecule has 24 heavy (non-hydrogen) atoms. The minimum absolute atomic E-state index is 0.00118. The van der Waals surface area contributed by atoms with Gasteiger partial charge in [-0.25, -0.2) is 0 Å². The summed E-state index contributed by atoms with van der Waals surface area (Å²) in [4.78, 5) is 16.7. The lowest BCUT2D eigenvalue weighted by Crippen LogP contribution is -2.48. The van der Waals surface area contributed by atoms with Gasteiger partial charge in [-0.05, 0) is 42.8 Å². The standard InChI is InChI=1S/C19H22ClN3O/c1-15-4-2-7-18(12-15)23-10-8-22(9-11-23)14-19(24)21-17-6-3-5-16(20)13-17/h2-7,12-13H,8-11,14H2,1H3,(H,21,24). The first-order chi connectivity index (χ1) is 11.6. The van der Waals surface area contributed by atoms with Crippen LogP contribution >= 0.6 is 11.6 Å². The molecule has 3 rings (SSSR count). The van der Waals surface area contributed by atoms with Crippen molar-refractivity contribution in [1.29, 1.82) is 0 Å². The van der Waals surface area contributed by atoms with E-state index in [-0.39, 0.29) is 5.91 Å². The first-order valence-corrected chi connectivity index (χ1v) is 8.57. The zero-order valence-corrected chi connectivity index (χ0v) is 14.6. The summed E-state index contributed by atoms with van der Waals surface area (Å²) >= 11 is 5.94. The molecule has 126 valence electrons. The molecule has 0 spiro atoms. The van der Waals surface area contributed by atoms with E-state index in [1.807, 2.05) is 12.1 Å². The van der Waals surface area contributed by atoms with Crippen LogP contribution in [0.3, 0.4) is 0 Å². The molecule has 0 aromatic heterocycles. The molecule has 2 aromatic carbocycles. The molecule has 1 amide bonds. The number of aryl methyl sites for hydroxylation is 1. The summed E-state index contributed by atoms with van der Waals surface area (Å²) in [6.07, 6.45) is 0. The monoisotopic (exact) mass is 343 g/mol. The second-order valence-electron chi connectivity index (χ2n) is 6.16. The molecule has 1 heterocycles. The molecule has 1 N–H and O–H groups in total. The third-order valence-electron chi connectivity index (χ3n) is 4.21. The summed E-state index contributed by atoms with van der Waals surface area (Å²) in [6, 6.07) is 15.8. The lowest BCUT2D eigenvalue weighted by molar-refractivity contribution is -0.117. The molecule has 4 nitrogen and oxygen atoms in total. The molecular formula is C19H22ClN3O. The van der Waals surface area contributed by atoms with Gasteiger partial charge in [0.05, 0.1) is 6.54 Å². The van der Waals surface area contributed by atoms with E-state index in [0.29, 0.717) is 11.6 Å². The van der Waals surface area contributed by atoms with Crippen LogP contribution in [0, 0.1) is 6.92 Å². The molecule has 0 bridgehead atoms. The minimum Gasteiger partial charge on any atom is -0.369 e. The molecule has 0 atom stereocenters. The van der Waals surface area contributed by atoms with Gasteiger partial charge in [-0.2, -0.15) is 0 Å². The first kappa shape index (κ1) is 16.8. The fourth-order valence-corrected chi connectivity index (χ4v) is 3.15. The molecule has 1 aliphatic rings. The van der Waals surface area contributed by atoms with Gasteiger partial charge in [0.1, 0.15) is 0 Å².